The average molecular weight is 328 g/mol. The predicted molar refractivity (Wildman–Crippen MR) is 93.5 cm³/mol. The van der Waals surface area contributed by atoms with Crippen molar-refractivity contribution < 1.29 is 4.42 Å². The first-order valence-electron chi connectivity index (χ1n) is 6.85. The van der Waals surface area contributed by atoms with Gasteiger partial charge in [-0.15, -0.1) is 0 Å². The average Bonchev–Trinajstić information content (AvgIpc) is 2.91. The smallest absolute Gasteiger partial charge is 0.158 e. The van der Waals surface area contributed by atoms with Gasteiger partial charge in [-0.1, -0.05) is 59.6 Å². The summed E-state index contributed by atoms with van der Waals surface area (Å²) in [6.07, 6.45) is 0. The zero-order chi connectivity index (χ0) is 15.1. The van der Waals surface area contributed by atoms with Gasteiger partial charge in [-0.25, -0.2) is 0 Å². The lowest BCUT2D eigenvalue weighted by molar-refractivity contribution is 0.670. The maximum Gasteiger partial charge on any atom is 0.158 e. The fourth-order valence-electron chi connectivity index (χ4n) is 2.60. The van der Waals surface area contributed by atoms with Gasteiger partial charge in [-0.05, 0) is 24.3 Å². The van der Waals surface area contributed by atoms with Crippen molar-refractivity contribution in [1.82, 2.24) is 0 Å². The third kappa shape index (κ3) is 2.12. The molecule has 4 rings (SSSR count). The monoisotopic (exact) mass is 327 g/mol. The summed E-state index contributed by atoms with van der Waals surface area (Å²) >= 11 is 12.5. The summed E-state index contributed by atoms with van der Waals surface area (Å²) in [6, 6.07) is 19.4. The van der Waals surface area contributed by atoms with Gasteiger partial charge in [0.15, 0.2) is 5.58 Å². The number of anilines is 2. The molecule has 0 saturated carbocycles. The number of fused-ring (bicyclic) bond motifs is 3. The number of hydrogen-bond acceptors (Lipinski definition) is 2. The van der Waals surface area contributed by atoms with Crippen LogP contribution in [0.1, 0.15) is 0 Å². The summed E-state index contributed by atoms with van der Waals surface area (Å²) in [7, 11) is 0. The summed E-state index contributed by atoms with van der Waals surface area (Å²) in [5.41, 5.74) is 3.17. The van der Waals surface area contributed by atoms with Gasteiger partial charge in [-0.2, -0.15) is 0 Å². The minimum atomic E-state index is 0.570. The molecule has 0 atom stereocenters. The highest BCUT2D eigenvalue weighted by molar-refractivity contribution is 6.39. The van der Waals surface area contributed by atoms with Crippen LogP contribution in [0.3, 0.4) is 0 Å². The number of furan rings is 1. The third-order valence-corrected chi connectivity index (χ3v) is 4.26. The molecule has 22 heavy (non-hydrogen) atoms. The van der Waals surface area contributed by atoms with Gasteiger partial charge in [0.2, 0.25) is 0 Å². The Morgan fingerprint density at radius 1 is 0.727 bits per heavy atom. The molecule has 0 amide bonds. The first-order chi connectivity index (χ1) is 10.7. The van der Waals surface area contributed by atoms with E-state index in [4.69, 9.17) is 27.6 Å². The Labute approximate surface area is 137 Å². The fraction of sp³-hybridized carbons (Fsp3) is 0. The molecular formula is C18H11Cl2NO. The third-order valence-electron chi connectivity index (χ3n) is 3.63. The number of hydrogen-bond donors (Lipinski definition) is 1. The van der Waals surface area contributed by atoms with Gasteiger partial charge in [-0.3, -0.25) is 0 Å². The van der Waals surface area contributed by atoms with E-state index < -0.39 is 0 Å². The van der Waals surface area contributed by atoms with Crippen LogP contribution in [0.15, 0.2) is 65.1 Å². The molecule has 4 aromatic rings. The van der Waals surface area contributed by atoms with Crippen molar-refractivity contribution in [1.29, 1.82) is 0 Å². The largest absolute Gasteiger partial charge is 0.454 e. The second kappa shape index (κ2) is 5.24. The van der Waals surface area contributed by atoms with Gasteiger partial charge in [0.1, 0.15) is 5.58 Å². The first kappa shape index (κ1) is 13.5. The van der Waals surface area contributed by atoms with Crippen LogP contribution < -0.4 is 5.32 Å². The molecule has 2 nitrogen and oxygen atoms in total. The highest BCUT2D eigenvalue weighted by Gasteiger charge is 2.12. The van der Waals surface area contributed by atoms with Crippen molar-refractivity contribution >= 4 is 56.5 Å². The van der Waals surface area contributed by atoms with Crippen LogP contribution in [0.2, 0.25) is 10.0 Å². The molecule has 1 N–H and O–H groups in total. The Morgan fingerprint density at radius 3 is 2.23 bits per heavy atom. The Kier molecular flexibility index (Phi) is 3.21. The molecule has 4 heteroatoms. The first-order valence-corrected chi connectivity index (χ1v) is 7.61. The van der Waals surface area contributed by atoms with Crippen molar-refractivity contribution in [3.05, 3.63) is 70.7 Å². The Hall–Kier alpha value is -2.16. The zero-order valence-corrected chi connectivity index (χ0v) is 12.9. The maximum atomic E-state index is 6.23. The Morgan fingerprint density at radius 2 is 1.41 bits per heavy atom. The molecule has 0 spiro atoms. The Bertz CT molecular complexity index is 971. The summed E-state index contributed by atoms with van der Waals surface area (Å²) in [6.45, 7) is 0. The second-order valence-corrected chi connectivity index (χ2v) is 5.82. The molecule has 0 radical (unpaired) electrons. The molecular weight excluding hydrogens is 317 g/mol. The van der Waals surface area contributed by atoms with E-state index in [1.807, 2.05) is 48.5 Å². The summed E-state index contributed by atoms with van der Waals surface area (Å²) in [5.74, 6) is 0. The van der Waals surface area contributed by atoms with E-state index in [0.717, 1.165) is 27.6 Å². The maximum absolute atomic E-state index is 6.23. The van der Waals surface area contributed by atoms with Gasteiger partial charge >= 0.3 is 0 Å². The number of halogens is 2. The van der Waals surface area contributed by atoms with Crippen LogP contribution in [0, 0.1) is 0 Å². The normalized spacial score (nSPS) is 11.2. The molecule has 108 valence electrons. The van der Waals surface area contributed by atoms with Crippen LogP contribution in [0.25, 0.3) is 21.9 Å². The van der Waals surface area contributed by atoms with Crippen LogP contribution in [-0.2, 0) is 0 Å². The van der Waals surface area contributed by atoms with E-state index in [1.165, 1.54) is 0 Å². The van der Waals surface area contributed by atoms with Gasteiger partial charge < -0.3 is 9.73 Å². The van der Waals surface area contributed by atoms with Crippen LogP contribution in [0.5, 0.6) is 0 Å². The van der Waals surface area contributed by atoms with E-state index in [2.05, 4.69) is 5.32 Å². The predicted octanol–water partition coefficient (Wildman–Crippen LogP) is 6.64. The van der Waals surface area contributed by atoms with Crippen molar-refractivity contribution in [2.75, 3.05) is 5.32 Å². The van der Waals surface area contributed by atoms with Gasteiger partial charge in [0.25, 0.3) is 0 Å². The van der Waals surface area contributed by atoms with Crippen LogP contribution in [-0.4, -0.2) is 0 Å². The molecule has 0 saturated heterocycles. The van der Waals surface area contributed by atoms with Crippen molar-refractivity contribution in [2.24, 2.45) is 0 Å². The van der Waals surface area contributed by atoms with Gasteiger partial charge in [0.05, 0.1) is 21.4 Å². The SMILES string of the molecule is Clc1cccc(Cl)c1Nc1cccc2c1oc1ccccc12. The number of rotatable bonds is 2. The summed E-state index contributed by atoms with van der Waals surface area (Å²) in [4.78, 5) is 0. The van der Waals surface area contributed by atoms with E-state index in [9.17, 15) is 0 Å². The van der Waals surface area contributed by atoms with Gasteiger partial charge in [0, 0.05) is 10.8 Å². The van der Waals surface area contributed by atoms with Crippen molar-refractivity contribution in [2.45, 2.75) is 0 Å². The van der Waals surface area contributed by atoms with E-state index >= 15 is 0 Å². The molecule has 0 fully saturated rings. The second-order valence-electron chi connectivity index (χ2n) is 5.00. The Balaban J connectivity index is 1.92. The van der Waals surface area contributed by atoms with Crippen molar-refractivity contribution in [3.63, 3.8) is 0 Å². The lowest BCUT2D eigenvalue weighted by atomic mass is 10.1. The molecule has 0 aliphatic rings. The van der Waals surface area contributed by atoms with E-state index in [-0.39, 0.29) is 0 Å². The molecule has 3 aromatic carbocycles. The highest BCUT2D eigenvalue weighted by Crippen LogP contribution is 2.38. The lowest BCUT2D eigenvalue weighted by Gasteiger charge is -2.10. The fourth-order valence-corrected chi connectivity index (χ4v) is 3.09. The van der Waals surface area contributed by atoms with Crippen LogP contribution >= 0.6 is 23.2 Å². The molecule has 0 unspecified atom stereocenters. The van der Waals surface area contributed by atoms with E-state index in [0.29, 0.717) is 15.7 Å². The molecule has 0 aliphatic heterocycles. The lowest BCUT2D eigenvalue weighted by Crippen LogP contribution is -1.92. The minimum Gasteiger partial charge on any atom is -0.454 e. The molecule has 0 bridgehead atoms. The number of nitrogens with one attached hydrogen (secondary N) is 1. The standard InChI is InChI=1S/C18H11Cl2NO/c19-13-7-4-8-14(20)17(13)21-15-9-3-6-12-11-5-1-2-10-16(11)22-18(12)15/h1-10,21H. The minimum absolute atomic E-state index is 0.570. The molecule has 0 aliphatic carbocycles. The number of para-hydroxylation sites is 3. The van der Waals surface area contributed by atoms with Crippen LogP contribution in [0.4, 0.5) is 11.4 Å². The summed E-state index contributed by atoms with van der Waals surface area (Å²) in [5, 5.41) is 6.58. The molecule has 1 heterocycles. The quantitative estimate of drug-likeness (QED) is 0.446. The molecule has 1 aromatic heterocycles. The summed E-state index contributed by atoms with van der Waals surface area (Å²) < 4.78 is 5.99. The zero-order valence-electron chi connectivity index (χ0n) is 11.4. The van der Waals surface area contributed by atoms with E-state index in [1.54, 1.807) is 12.1 Å². The topological polar surface area (TPSA) is 25.2 Å². The number of benzene rings is 3. The highest BCUT2D eigenvalue weighted by atomic mass is 35.5. The van der Waals surface area contributed by atoms with Crippen molar-refractivity contribution in [3.8, 4) is 0 Å².